The van der Waals surface area contributed by atoms with E-state index in [0.717, 1.165) is 37.6 Å². The molecule has 0 aromatic heterocycles. The summed E-state index contributed by atoms with van der Waals surface area (Å²) < 4.78 is 13.1. The van der Waals surface area contributed by atoms with E-state index in [-0.39, 0.29) is 29.8 Å². The normalized spacial score (nSPS) is 18.6. The third-order valence-electron chi connectivity index (χ3n) is 4.19. The van der Waals surface area contributed by atoms with Crippen molar-refractivity contribution in [1.82, 2.24) is 15.5 Å². The number of aliphatic imine (C=N–C) groups is 1. The van der Waals surface area contributed by atoms with Gasteiger partial charge in [-0.3, -0.25) is 4.99 Å². The second kappa shape index (κ2) is 10.8. The van der Waals surface area contributed by atoms with Gasteiger partial charge in [0.05, 0.1) is 0 Å². The standard InChI is InChI=1S/C17H27FN4.HI/c1-3-22-10-8-15(13-22)12-21-17(19-2)20-9-7-14-5-4-6-16(18)11-14;/h4-6,11,15H,3,7-10,12-13H2,1-2H3,(H2,19,20,21);1H. The number of halogens is 2. The van der Waals surface area contributed by atoms with Crippen molar-refractivity contribution in [2.45, 2.75) is 19.8 Å². The number of rotatable bonds is 6. The monoisotopic (exact) mass is 434 g/mol. The van der Waals surface area contributed by atoms with Gasteiger partial charge in [0, 0.05) is 26.7 Å². The Balaban J connectivity index is 0.00000264. The molecule has 2 N–H and O–H groups in total. The quantitative estimate of drug-likeness (QED) is 0.411. The van der Waals surface area contributed by atoms with Gasteiger partial charge in [0.1, 0.15) is 5.82 Å². The van der Waals surface area contributed by atoms with Crippen molar-refractivity contribution in [2.24, 2.45) is 10.9 Å². The van der Waals surface area contributed by atoms with Gasteiger partial charge in [-0.25, -0.2) is 4.39 Å². The molecular weight excluding hydrogens is 406 g/mol. The molecule has 0 bridgehead atoms. The van der Waals surface area contributed by atoms with Crippen molar-refractivity contribution < 1.29 is 4.39 Å². The number of hydrogen-bond acceptors (Lipinski definition) is 2. The van der Waals surface area contributed by atoms with Crippen molar-refractivity contribution in [2.75, 3.05) is 39.8 Å². The number of nitrogens with zero attached hydrogens (tertiary/aromatic N) is 2. The predicted octanol–water partition coefficient (Wildman–Crippen LogP) is 2.49. The summed E-state index contributed by atoms with van der Waals surface area (Å²) >= 11 is 0. The highest BCUT2D eigenvalue weighted by atomic mass is 127. The van der Waals surface area contributed by atoms with Gasteiger partial charge in [-0.2, -0.15) is 0 Å². The minimum absolute atomic E-state index is 0. The van der Waals surface area contributed by atoms with Gasteiger partial charge in [0.15, 0.2) is 5.96 Å². The Hall–Kier alpha value is -0.890. The Labute approximate surface area is 156 Å². The first-order valence-corrected chi connectivity index (χ1v) is 8.12. The lowest BCUT2D eigenvalue weighted by molar-refractivity contribution is 0.342. The Bertz CT molecular complexity index is 495. The molecule has 130 valence electrons. The molecule has 23 heavy (non-hydrogen) atoms. The van der Waals surface area contributed by atoms with Crippen LogP contribution < -0.4 is 10.6 Å². The molecule has 1 aliphatic rings. The van der Waals surface area contributed by atoms with Crippen molar-refractivity contribution in [3.63, 3.8) is 0 Å². The van der Waals surface area contributed by atoms with Crippen LogP contribution in [0.3, 0.4) is 0 Å². The van der Waals surface area contributed by atoms with Gasteiger partial charge in [0.2, 0.25) is 0 Å². The van der Waals surface area contributed by atoms with Crippen LogP contribution in [0.2, 0.25) is 0 Å². The fourth-order valence-corrected chi connectivity index (χ4v) is 2.85. The predicted molar refractivity (Wildman–Crippen MR) is 105 cm³/mol. The van der Waals surface area contributed by atoms with Crippen molar-refractivity contribution in [3.8, 4) is 0 Å². The van der Waals surface area contributed by atoms with E-state index in [1.807, 2.05) is 6.07 Å². The van der Waals surface area contributed by atoms with Gasteiger partial charge in [-0.05, 0) is 49.5 Å². The molecule has 1 heterocycles. The fraction of sp³-hybridized carbons (Fsp3) is 0.588. The number of benzene rings is 1. The molecule has 0 radical (unpaired) electrons. The topological polar surface area (TPSA) is 39.7 Å². The van der Waals surface area contributed by atoms with Crippen LogP contribution in [0, 0.1) is 11.7 Å². The molecule has 1 aromatic carbocycles. The zero-order valence-corrected chi connectivity index (χ0v) is 16.3. The SMILES string of the molecule is CCN1CCC(CNC(=NC)NCCc2cccc(F)c2)C1.I. The molecule has 6 heteroatoms. The Morgan fingerprint density at radius 2 is 2.22 bits per heavy atom. The Kier molecular flexibility index (Phi) is 9.47. The van der Waals surface area contributed by atoms with Crippen LogP contribution in [0.4, 0.5) is 4.39 Å². The minimum Gasteiger partial charge on any atom is -0.356 e. The van der Waals surface area contributed by atoms with E-state index in [1.54, 1.807) is 19.2 Å². The second-order valence-electron chi connectivity index (χ2n) is 5.81. The number of guanidine groups is 1. The molecule has 1 aromatic rings. The van der Waals surface area contributed by atoms with Crippen LogP contribution in [0.1, 0.15) is 18.9 Å². The Morgan fingerprint density at radius 1 is 1.39 bits per heavy atom. The van der Waals surface area contributed by atoms with Crippen LogP contribution >= 0.6 is 24.0 Å². The van der Waals surface area contributed by atoms with Crippen molar-refractivity contribution in [3.05, 3.63) is 35.6 Å². The van der Waals surface area contributed by atoms with Crippen LogP contribution in [-0.2, 0) is 6.42 Å². The van der Waals surface area contributed by atoms with Crippen LogP contribution in [0.15, 0.2) is 29.3 Å². The molecule has 0 spiro atoms. The number of hydrogen-bond donors (Lipinski definition) is 2. The smallest absolute Gasteiger partial charge is 0.190 e. The maximum absolute atomic E-state index is 13.1. The average Bonchev–Trinajstić information content (AvgIpc) is 2.99. The zero-order valence-electron chi connectivity index (χ0n) is 14.0. The Morgan fingerprint density at radius 3 is 2.87 bits per heavy atom. The average molecular weight is 434 g/mol. The number of likely N-dealkylation sites (tertiary alicyclic amines) is 1. The summed E-state index contributed by atoms with van der Waals surface area (Å²) in [5, 5.41) is 6.68. The third-order valence-corrected chi connectivity index (χ3v) is 4.19. The maximum Gasteiger partial charge on any atom is 0.190 e. The molecule has 1 saturated heterocycles. The highest BCUT2D eigenvalue weighted by Gasteiger charge is 2.20. The van der Waals surface area contributed by atoms with Gasteiger partial charge >= 0.3 is 0 Å². The molecular formula is C17H28FIN4. The lowest BCUT2D eigenvalue weighted by Crippen LogP contribution is -2.41. The number of nitrogens with one attached hydrogen (secondary N) is 2. The van der Waals surface area contributed by atoms with E-state index in [1.165, 1.54) is 25.6 Å². The molecule has 0 aliphatic carbocycles. The first kappa shape index (κ1) is 20.2. The summed E-state index contributed by atoms with van der Waals surface area (Å²) in [6.45, 7) is 7.42. The van der Waals surface area contributed by atoms with Crippen molar-refractivity contribution in [1.29, 1.82) is 0 Å². The summed E-state index contributed by atoms with van der Waals surface area (Å²) in [7, 11) is 1.78. The summed E-state index contributed by atoms with van der Waals surface area (Å²) in [6, 6.07) is 6.74. The van der Waals surface area contributed by atoms with E-state index in [2.05, 4.69) is 27.4 Å². The first-order valence-electron chi connectivity index (χ1n) is 8.12. The molecule has 2 rings (SSSR count). The molecule has 1 unspecified atom stereocenters. The summed E-state index contributed by atoms with van der Waals surface area (Å²) in [5.41, 5.74) is 0.998. The van der Waals surface area contributed by atoms with E-state index in [9.17, 15) is 4.39 Å². The van der Waals surface area contributed by atoms with E-state index in [4.69, 9.17) is 0 Å². The lowest BCUT2D eigenvalue weighted by Gasteiger charge is -2.16. The van der Waals surface area contributed by atoms with Gasteiger partial charge in [-0.15, -0.1) is 24.0 Å². The highest BCUT2D eigenvalue weighted by Crippen LogP contribution is 2.14. The molecule has 0 saturated carbocycles. The second-order valence-corrected chi connectivity index (χ2v) is 5.81. The highest BCUT2D eigenvalue weighted by molar-refractivity contribution is 14.0. The fourth-order valence-electron chi connectivity index (χ4n) is 2.85. The summed E-state index contributed by atoms with van der Waals surface area (Å²) in [4.78, 5) is 6.72. The molecule has 1 atom stereocenters. The van der Waals surface area contributed by atoms with E-state index >= 15 is 0 Å². The van der Waals surface area contributed by atoms with Crippen LogP contribution in [0.25, 0.3) is 0 Å². The van der Waals surface area contributed by atoms with E-state index in [0.29, 0.717) is 5.92 Å². The zero-order chi connectivity index (χ0) is 15.8. The van der Waals surface area contributed by atoms with Crippen LogP contribution in [0.5, 0.6) is 0 Å². The molecule has 1 fully saturated rings. The molecule has 4 nitrogen and oxygen atoms in total. The van der Waals surface area contributed by atoms with Crippen molar-refractivity contribution >= 4 is 29.9 Å². The van der Waals surface area contributed by atoms with E-state index < -0.39 is 0 Å². The third kappa shape index (κ3) is 7.03. The van der Waals surface area contributed by atoms with Gasteiger partial charge < -0.3 is 15.5 Å². The lowest BCUT2D eigenvalue weighted by atomic mass is 10.1. The first-order chi connectivity index (χ1) is 10.7. The molecule has 1 aliphatic heterocycles. The summed E-state index contributed by atoms with van der Waals surface area (Å²) in [6.07, 6.45) is 2.03. The largest absolute Gasteiger partial charge is 0.356 e. The van der Waals surface area contributed by atoms with Gasteiger partial charge in [0.25, 0.3) is 0 Å². The van der Waals surface area contributed by atoms with Gasteiger partial charge in [-0.1, -0.05) is 19.1 Å². The minimum atomic E-state index is -0.179. The maximum atomic E-state index is 13.1. The van der Waals surface area contributed by atoms with Crippen LogP contribution in [-0.4, -0.2) is 50.6 Å². The molecule has 0 amide bonds. The summed E-state index contributed by atoms with van der Waals surface area (Å²) in [5.74, 6) is 1.34.